The van der Waals surface area contributed by atoms with Crippen LogP contribution in [0.15, 0.2) is 0 Å². The molecular formula is C18H35P. The van der Waals surface area contributed by atoms with Crippen LogP contribution in [0.1, 0.15) is 103 Å². The van der Waals surface area contributed by atoms with Crippen LogP contribution >= 0.6 is 8.58 Å². The molecule has 19 heavy (non-hydrogen) atoms. The third kappa shape index (κ3) is 7.12. The Morgan fingerprint density at radius 2 is 0.632 bits per heavy atom. The van der Waals surface area contributed by atoms with E-state index in [1.165, 1.54) is 85.6 Å². The summed E-state index contributed by atoms with van der Waals surface area (Å²) in [6, 6.07) is 0. The van der Waals surface area contributed by atoms with Crippen molar-refractivity contribution in [3.8, 4) is 0 Å². The van der Waals surface area contributed by atoms with Crippen molar-refractivity contribution in [1.82, 2.24) is 0 Å². The van der Waals surface area contributed by atoms with Crippen LogP contribution in [-0.2, 0) is 0 Å². The molecule has 112 valence electrons. The molecular weight excluding hydrogens is 247 g/mol. The van der Waals surface area contributed by atoms with Crippen molar-refractivity contribution in [2.75, 3.05) is 0 Å². The Morgan fingerprint density at radius 3 is 0.947 bits per heavy atom. The van der Waals surface area contributed by atoms with Crippen molar-refractivity contribution in [2.45, 2.75) is 114 Å². The predicted octanol–water partition coefficient (Wildman–Crippen LogP) is 6.67. The molecule has 0 saturated heterocycles. The highest BCUT2D eigenvalue weighted by Crippen LogP contribution is 2.39. The summed E-state index contributed by atoms with van der Waals surface area (Å²) in [5, 5.41) is 0. The average Bonchev–Trinajstić information content (AvgIpc) is 2.62. The van der Waals surface area contributed by atoms with Gasteiger partial charge in [0.05, 0.1) is 0 Å². The lowest BCUT2D eigenvalue weighted by Gasteiger charge is -2.23. The van der Waals surface area contributed by atoms with Crippen LogP contribution in [-0.4, -0.2) is 11.3 Å². The van der Waals surface area contributed by atoms with Crippen LogP contribution in [0.2, 0.25) is 0 Å². The topological polar surface area (TPSA) is 0 Å². The molecule has 0 aliphatic heterocycles. The minimum atomic E-state index is 1.11. The normalized spacial score (nSPS) is 26.5. The van der Waals surface area contributed by atoms with Gasteiger partial charge >= 0.3 is 0 Å². The molecule has 0 N–H and O–H groups in total. The molecule has 2 fully saturated rings. The molecule has 0 radical (unpaired) electrons. The molecule has 0 aromatic carbocycles. The Kier molecular flexibility index (Phi) is 8.49. The van der Waals surface area contributed by atoms with Crippen molar-refractivity contribution in [3.05, 3.63) is 0 Å². The standard InChI is InChI=1S/C18H35P/c1-2-6-10-14-17(13-9-5-1)19-18-15-11-7-3-4-8-12-16-18/h17-19H,1-16H2. The quantitative estimate of drug-likeness (QED) is 0.496. The van der Waals surface area contributed by atoms with Gasteiger partial charge in [0.15, 0.2) is 0 Å². The molecule has 0 nitrogen and oxygen atoms in total. The Hall–Kier alpha value is 0.430. The molecule has 1 heteroatoms. The van der Waals surface area contributed by atoms with E-state index in [1.807, 2.05) is 0 Å². The van der Waals surface area contributed by atoms with E-state index in [1.54, 1.807) is 25.7 Å². The lowest BCUT2D eigenvalue weighted by molar-refractivity contribution is 0.604. The monoisotopic (exact) mass is 282 g/mol. The van der Waals surface area contributed by atoms with E-state index in [9.17, 15) is 0 Å². The summed E-state index contributed by atoms with van der Waals surface area (Å²) in [5.74, 6) is 0. The molecule has 2 aliphatic rings. The molecule has 0 aromatic heterocycles. The lowest BCUT2D eigenvalue weighted by Crippen LogP contribution is -2.09. The summed E-state index contributed by atoms with van der Waals surface area (Å²) < 4.78 is 0. The molecule has 2 aliphatic carbocycles. The van der Waals surface area contributed by atoms with Crippen molar-refractivity contribution < 1.29 is 0 Å². The van der Waals surface area contributed by atoms with Gasteiger partial charge in [0.2, 0.25) is 0 Å². The second-order valence-electron chi connectivity index (χ2n) is 6.96. The number of hydrogen-bond acceptors (Lipinski definition) is 0. The molecule has 0 heterocycles. The van der Waals surface area contributed by atoms with Crippen LogP contribution in [0.25, 0.3) is 0 Å². The summed E-state index contributed by atoms with van der Waals surface area (Å²) in [6.07, 6.45) is 24.5. The van der Waals surface area contributed by atoms with E-state index in [-0.39, 0.29) is 0 Å². The zero-order valence-electron chi connectivity index (χ0n) is 13.0. The molecule has 0 amide bonds. The fraction of sp³-hybridized carbons (Fsp3) is 1.00. The first-order chi connectivity index (χ1) is 9.45. The second-order valence-corrected chi connectivity index (χ2v) is 8.92. The highest BCUT2D eigenvalue weighted by atomic mass is 31.1. The Balaban J connectivity index is 1.74. The smallest absolute Gasteiger partial charge is 0.0234 e. The minimum Gasteiger partial charge on any atom is -0.116 e. The zero-order valence-corrected chi connectivity index (χ0v) is 14.0. The van der Waals surface area contributed by atoms with Crippen LogP contribution in [0.5, 0.6) is 0 Å². The Labute approximate surface area is 123 Å². The van der Waals surface area contributed by atoms with Gasteiger partial charge in [-0.05, 0) is 37.0 Å². The van der Waals surface area contributed by atoms with Crippen LogP contribution in [0.3, 0.4) is 0 Å². The fourth-order valence-corrected chi connectivity index (χ4v) is 6.08. The van der Waals surface area contributed by atoms with Crippen molar-refractivity contribution >= 4 is 8.58 Å². The summed E-state index contributed by atoms with van der Waals surface area (Å²) in [4.78, 5) is 0. The average molecular weight is 282 g/mol. The first-order valence-electron chi connectivity index (χ1n) is 9.21. The second kappa shape index (κ2) is 10.2. The largest absolute Gasteiger partial charge is 0.116 e. The third-order valence-corrected chi connectivity index (χ3v) is 7.28. The van der Waals surface area contributed by atoms with Gasteiger partial charge in [0, 0.05) is 0 Å². The highest BCUT2D eigenvalue weighted by molar-refractivity contribution is 7.39. The van der Waals surface area contributed by atoms with Crippen LogP contribution in [0.4, 0.5) is 0 Å². The highest BCUT2D eigenvalue weighted by Gasteiger charge is 2.17. The van der Waals surface area contributed by atoms with Gasteiger partial charge in [-0.2, -0.15) is 0 Å². The van der Waals surface area contributed by atoms with Gasteiger partial charge in [-0.25, -0.2) is 0 Å². The molecule has 0 spiro atoms. The van der Waals surface area contributed by atoms with Crippen LogP contribution < -0.4 is 0 Å². The van der Waals surface area contributed by atoms with Gasteiger partial charge in [-0.3, -0.25) is 0 Å². The minimum absolute atomic E-state index is 1.11. The molecule has 0 unspecified atom stereocenters. The number of hydrogen-bond donors (Lipinski definition) is 0. The first-order valence-corrected chi connectivity index (χ1v) is 10.4. The summed E-state index contributed by atoms with van der Waals surface area (Å²) in [7, 11) is 1.31. The zero-order chi connectivity index (χ0) is 13.2. The maximum atomic E-state index is 1.56. The van der Waals surface area contributed by atoms with Crippen LogP contribution in [0, 0.1) is 0 Å². The van der Waals surface area contributed by atoms with E-state index in [4.69, 9.17) is 0 Å². The van der Waals surface area contributed by atoms with Gasteiger partial charge in [0.1, 0.15) is 0 Å². The third-order valence-electron chi connectivity index (χ3n) is 5.18. The molecule has 2 saturated carbocycles. The number of rotatable bonds is 2. The van der Waals surface area contributed by atoms with Gasteiger partial charge < -0.3 is 0 Å². The first kappa shape index (κ1) is 15.8. The van der Waals surface area contributed by atoms with E-state index in [0.29, 0.717) is 0 Å². The van der Waals surface area contributed by atoms with Gasteiger partial charge in [-0.15, -0.1) is 8.58 Å². The lowest BCUT2D eigenvalue weighted by atomic mass is 10.1. The summed E-state index contributed by atoms with van der Waals surface area (Å²) in [5.41, 5.74) is 2.23. The van der Waals surface area contributed by atoms with Crippen molar-refractivity contribution in [3.63, 3.8) is 0 Å². The Bertz CT molecular complexity index is 172. The SMILES string of the molecule is C1CCCCC(PC2CCCCCCCC2)CCC1. The molecule has 0 bridgehead atoms. The summed E-state index contributed by atoms with van der Waals surface area (Å²) in [6.45, 7) is 0. The maximum absolute atomic E-state index is 1.56. The maximum Gasteiger partial charge on any atom is -0.0234 e. The summed E-state index contributed by atoms with van der Waals surface area (Å²) >= 11 is 0. The van der Waals surface area contributed by atoms with E-state index >= 15 is 0 Å². The van der Waals surface area contributed by atoms with E-state index < -0.39 is 0 Å². The molecule has 0 aromatic rings. The fourth-order valence-electron chi connectivity index (χ4n) is 3.93. The van der Waals surface area contributed by atoms with Crippen molar-refractivity contribution in [1.29, 1.82) is 0 Å². The van der Waals surface area contributed by atoms with Gasteiger partial charge in [0.25, 0.3) is 0 Å². The predicted molar refractivity (Wildman–Crippen MR) is 89.8 cm³/mol. The van der Waals surface area contributed by atoms with Crippen molar-refractivity contribution in [2.24, 2.45) is 0 Å². The van der Waals surface area contributed by atoms with Gasteiger partial charge in [-0.1, -0.05) is 77.0 Å². The Morgan fingerprint density at radius 1 is 0.368 bits per heavy atom. The van der Waals surface area contributed by atoms with E-state index in [0.717, 1.165) is 11.3 Å². The molecule has 0 atom stereocenters. The van der Waals surface area contributed by atoms with E-state index in [2.05, 4.69) is 0 Å². The molecule has 2 rings (SSSR count).